The third-order valence-electron chi connectivity index (χ3n) is 2.61. The number of rotatable bonds is 7. The molecular weight excluding hydrogens is 262 g/mol. The van der Waals surface area contributed by atoms with Gasteiger partial charge < -0.3 is 14.8 Å². The molecule has 0 saturated heterocycles. The average Bonchev–Trinajstić information content (AvgIpc) is 2.50. The lowest BCUT2D eigenvalue weighted by molar-refractivity contribution is -0.141. The van der Waals surface area contributed by atoms with Crippen LogP contribution in [0.25, 0.3) is 0 Å². The SMILES string of the molecule is COC(=O)CCC(=O)CNC(=O)c1cccc(OC)c1. The number of methoxy groups -OCH3 is 2. The number of Topliss-reactive ketones (excluding diaryl/α,β-unsaturated/α-hetero) is 1. The van der Waals surface area contributed by atoms with Crippen molar-refractivity contribution in [3.63, 3.8) is 0 Å². The highest BCUT2D eigenvalue weighted by Crippen LogP contribution is 2.12. The molecule has 0 aliphatic heterocycles. The van der Waals surface area contributed by atoms with Crippen LogP contribution in [0.5, 0.6) is 5.75 Å². The van der Waals surface area contributed by atoms with Crippen molar-refractivity contribution < 1.29 is 23.9 Å². The summed E-state index contributed by atoms with van der Waals surface area (Å²) in [6.07, 6.45) is 0.0649. The molecule has 0 fully saturated rings. The van der Waals surface area contributed by atoms with Gasteiger partial charge in [-0.15, -0.1) is 0 Å². The van der Waals surface area contributed by atoms with Gasteiger partial charge in [0.1, 0.15) is 5.75 Å². The Hall–Kier alpha value is -2.37. The molecule has 0 aliphatic rings. The molecule has 6 nitrogen and oxygen atoms in total. The fourth-order valence-electron chi connectivity index (χ4n) is 1.48. The third-order valence-corrected chi connectivity index (χ3v) is 2.61. The van der Waals surface area contributed by atoms with E-state index < -0.39 is 5.97 Å². The number of hydrogen-bond acceptors (Lipinski definition) is 5. The first kappa shape index (κ1) is 15.7. The Labute approximate surface area is 117 Å². The average molecular weight is 279 g/mol. The van der Waals surface area contributed by atoms with Gasteiger partial charge in [-0.05, 0) is 18.2 Å². The van der Waals surface area contributed by atoms with Crippen LogP contribution in [0.2, 0.25) is 0 Å². The quantitative estimate of drug-likeness (QED) is 0.751. The third kappa shape index (κ3) is 5.09. The van der Waals surface area contributed by atoms with Crippen molar-refractivity contribution in [3.05, 3.63) is 29.8 Å². The van der Waals surface area contributed by atoms with Crippen molar-refractivity contribution in [2.75, 3.05) is 20.8 Å². The second kappa shape index (κ2) is 7.93. The second-order valence-corrected chi connectivity index (χ2v) is 4.03. The van der Waals surface area contributed by atoms with Gasteiger partial charge in [0.2, 0.25) is 0 Å². The summed E-state index contributed by atoms with van der Waals surface area (Å²) in [5, 5.41) is 2.50. The van der Waals surface area contributed by atoms with Gasteiger partial charge in [0, 0.05) is 12.0 Å². The molecule has 0 bridgehead atoms. The molecular formula is C14H17NO5. The molecule has 0 unspecified atom stereocenters. The molecule has 0 radical (unpaired) electrons. The minimum Gasteiger partial charge on any atom is -0.497 e. The topological polar surface area (TPSA) is 81.7 Å². The van der Waals surface area contributed by atoms with Crippen LogP contribution in [0, 0.1) is 0 Å². The van der Waals surface area contributed by atoms with Gasteiger partial charge in [-0.25, -0.2) is 0 Å². The highest BCUT2D eigenvalue weighted by Gasteiger charge is 2.10. The maximum Gasteiger partial charge on any atom is 0.305 e. The number of nitrogens with one attached hydrogen (secondary N) is 1. The number of hydrogen-bond donors (Lipinski definition) is 1. The fraction of sp³-hybridized carbons (Fsp3) is 0.357. The number of ether oxygens (including phenoxy) is 2. The number of ketones is 1. The standard InChI is InChI=1S/C14H17NO5/c1-19-12-5-3-4-10(8-12)14(18)15-9-11(16)6-7-13(17)20-2/h3-5,8H,6-7,9H2,1-2H3,(H,15,18). The fourth-order valence-corrected chi connectivity index (χ4v) is 1.48. The maximum atomic E-state index is 11.8. The van der Waals surface area contributed by atoms with Crippen molar-refractivity contribution in [1.82, 2.24) is 5.32 Å². The van der Waals surface area contributed by atoms with Crippen LogP contribution in [-0.2, 0) is 14.3 Å². The van der Waals surface area contributed by atoms with Gasteiger partial charge in [0.25, 0.3) is 5.91 Å². The van der Waals surface area contributed by atoms with Gasteiger partial charge in [-0.1, -0.05) is 6.07 Å². The molecule has 0 saturated carbocycles. The van der Waals surface area contributed by atoms with Gasteiger partial charge in [0.05, 0.1) is 27.2 Å². The Morgan fingerprint density at radius 2 is 1.90 bits per heavy atom. The Kier molecular flexibility index (Phi) is 6.22. The van der Waals surface area contributed by atoms with Crippen molar-refractivity contribution in [2.45, 2.75) is 12.8 Å². The monoisotopic (exact) mass is 279 g/mol. The second-order valence-electron chi connectivity index (χ2n) is 4.03. The molecule has 0 atom stereocenters. The van der Waals surface area contributed by atoms with Crippen LogP contribution in [0.3, 0.4) is 0 Å². The van der Waals surface area contributed by atoms with Gasteiger partial charge in [0.15, 0.2) is 5.78 Å². The number of carbonyl (C=O) groups is 3. The predicted octanol–water partition coefficient (Wildman–Crippen LogP) is 0.947. The summed E-state index contributed by atoms with van der Waals surface area (Å²) in [4.78, 5) is 34.1. The molecule has 0 aliphatic carbocycles. The normalized spacial score (nSPS) is 9.70. The Morgan fingerprint density at radius 3 is 2.55 bits per heavy atom. The van der Waals surface area contributed by atoms with E-state index in [-0.39, 0.29) is 31.1 Å². The summed E-state index contributed by atoms with van der Waals surface area (Å²) in [5.41, 5.74) is 0.408. The molecule has 108 valence electrons. The molecule has 1 N–H and O–H groups in total. The van der Waals surface area contributed by atoms with Crippen LogP contribution >= 0.6 is 0 Å². The zero-order chi connectivity index (χ0) is 15.0. The van der Waals surface area contributed by atoms with Crippen molar-refractivity contribution in [1.29, 1.82) is 0 Å². The molecule has 1 rings (SSSR count). The summed E-state index contributed by atoms with van der Waals surface area (Å²) in [6.45, 7) is -0.118. The molecule has 1 aromatic rings. The number of benzene rings is 1. The van der Waals surface area contributed by atoms with E-state index >= 15 is 0 Å². The van der Waals surface area contributed by atoms with E-state index in [0.29, 0.717) is 11.3 Å². The Bertz CT molecular complexity index is 498. The first-order valence-corrected chi connectivity index (χ1v) is 6.07. The van der Waals surface area contributed by atoms with Crippen molar-refractivity contribution in [3.8, 4) is 5.75 Å². The highest BCUT2D eigenvalue weighted by molar-refractivity contribution is 5.97. The molecule has 0 aromatic heterocycles. The summed E-state index contributed by atoms with van der Waals surface area (Å²) in [5.74, 6) is -0.478. The smallest absolute Gasteiger partial charge is 0.305 e. The largest absolute Gasteiger partial charge is 0.497 e. The Balaban J connectivity index is 2.42. The van der Waals surface area contributed by atoms with E-state index in [1.54, 1.807) is 24.3 Å². The molecule has 1 amide bonds. The number of esters is 1. The zero-order valence-electron chi connectivity index (χ0n) is 11.5. The van der Waals surface area contributed by atoms with Crippen molar-refractivity contribution in [2.24, 2.45) is 0 Å². The molecule has 0 heterocycles. The van der Waals surface area contributed by atoms with Crippen LogP contribution < -0.4 is 10.1 Å². The van der Waals surface area contributed by atoms with E-state index in [1.165, 1.54) is 14.2 Å². The van der Waals surface area contributed by atoms with E-state index in [2.05, 4.69) is 10.1 Å². The number of carbonyl (C=O) groups excluding carboxylic acids is 3. The molecule has 6 heteroatoms. The first-order valence-electron chi connectivity index (χ1n) is 6.07. The zero-order valence-corrected chi connectivity index (χ0v) is 11.5. The Morgan fingerprint density at radius 1 is 1.15 bits per heavy atom. The molecule has 0 spiro atoms. The van der Waals surface area contributed by atoms with E-state index in [1.807, 2.05) is 0 Å². The van der Waals surface area contributed by atoms with Crippen LogP contribution in [-0.4, -0.2) is 38.4 Å². The molecule has 20 heavy (non-hydrogen) atoms. The lowest BCUT2D eigenvalue weighted by atomic mass is 10.2. The lowest BCUT2D eigenvalue weighted by Gasteiger charge is -2.06. The van der Waals surface area contributed by atoms with Crippen LogP contribution in [0.15, 0.2) is 24.3 Å². The maximum absolute atomic E-state index is 11.8. The first-order chi connectivity index (χ1) is 9.56. The highest BCUT2D eigenvalue weighted by atomic mass is 16.5. The minimum atomic E-state index is -0.447. The summed E-state index contributed by atoms with van der Waals surface area (Å²) in [6, 6.07) is 6.61. The van der Waals surface area contributed by atoms with E-state index in [4.69, 9.17) is 4.74 Å². The van der Waals surface area contributed by atoms with E-state index in [0.717, 1.165) is 0 Å². The summed E-state index contributed by atoms with van der Waals surface area (Å²) >= 11 is 0. The lowest BCUT2D eigenvalue weighted by Crippen LogP contribution is -2.29. The van der Waals surface area contributed by atoms with Crippen LogP contribution in [0.1, 0.15) is 23.2 Å². The number of amides is 1. The van der Waals surface area contributed by atoms with Gasteiger partial charge in [-0.3, -0.25) is 14.4 Å². The molecule has 1 aromatic carbocycles. The summed E-state index contributed by atoms with van der Waals surface area (Å²) in [7, 11) is 2.77. The van der Waals surface area contributed by atoms with Gasteiger partial charge >= 0.3 is 5.97 Å². The predicted molar refractivity (Wildman–Crippen MR) is 71.6 cm³/mol. The minimum absolute atomic E-state index is 0.0182. The summed E-state index contributed by atoms with van der Waals surface area (Å²) < 4.78 is 9.44. The van der Waals surface area contributed by atoms with Gasteiger partial charge in [-0.2, -0.15) is 0 Å². The van der Waals surface area contributed by atoms with Crippen molar-refractivity contribution >= 4 is 17.7 Å². The van der Waals surface area contributed by atoms with E-state index in [9.17, 15) is 14.4 Å². The van der Waals surface area contributed by atoms with Crippen LogP contribution in [0.4, 0.5) is 0 Å².